The Balaban J connectivity index is 1.78. The van der Waals surface area contributed by atoms with Crippen molar-refractivity contribution < 1.29 is 14.3 Å². The summed E-state index contributed by atoms with van der Waals surface area (Å²) in [5.74, 6) is 1.50. The first-order valence-corrected chi connectivity index (χ1v) is 9.80. The van der Waals surface area contributed by atoms with Gasteiger partial charge in [-0.05, 0) is 51.3 Å². The van der Waals surface area contributed by atoms with Gasteiger partial charge in [0.15, 0.2) is 0 Å². The van der Waals surface area contributed by atoms with Gasteiger partial charge in [0.2, 0.25) is 0 Å². The highest BCUT2D eigenvalue weighted by Gasteiger charge is 2.32. The highest BCUT2D eigenvalue weighted by atomic mass is 16.5. The second-order valence-electron chi connectivity index (χ2n) is 7.55. The Labute approximate surface area is 167 Å². The van der Waals surface area contributed by atoms with Crippen molar-refractivity contribution in [1.29, 1.82) is 0 Å². The molecule has 5 nitrogen and oxygen atoms in total. The SMILES string of the molecule is COc1ccc(C2CCCN2C(=O)NC(C)c2cc(C)cc(C)c2)c(OC)c1. The standard InChI is InChI=1S/C23H30N2O3/c1-15-11-16(2)13-18(12-15)17(3)24-23(26)25-10-6-7-21(25)20-9-8-19(27-4)14-22(20)28-5/h8-9,11-14,17,21H,6-7,10H2,1-5H3,(H,24,26). The number of urea groups is 1. The summed E-state index contributed by atoms with van der Waals surface area (Å²) in [6.07, 6.45) is 1.90. The first-order chi connectivity index (χ1) is 13.4. The molecule has 2 aromatic carbocycles. The molecule has 5 heteroatoms. The van der Waals surface area contributed by atoms with Crippen LogP contribution >= 0.6 is 0 Å². The zero-order valence-electron chi connectivity index (χ0n) is 17.4. The van der Waals surface area contributed by atoms with Gasteiger partial charge in [-0.15, -0.1) is 0 Å². The minimum Gasteiger partial charge on any atom is -0.497 e. The Morgan fingerprint density at radius 3 is 2.46 bits per heavy atom. The van der Waals surface area contributed by atoms with Crippen LogP contribution in [0.25, 0.3) is 0 Å². The van der Waals surface area contributed by atoms with Crippen molar-refractivity contribution in [3.8, 4) is 11.5 Å². The summed E-state index contributed by atoms with van der Waals surface area (Å²) in [6.45, 7) is 6.94. The third-order valence-electron chi connectivity index (χ3n) is 5.40. The molecular weight excluding hydrogens is 352 g/mol. The molecular formula is C23H30N2O3. The Morgan fingerprint density at radius 1 is 1.11 bits per heavy atom. The first kappa shape index (κ1) is 20.1. The fourth-order valence-corrected chi connectivity index (χ4v) is 4.04. The molecule has 2 amide bonds. The molecule has 3 rings (SSSR count). The van der Waals surface area contributed by atoms with E-state index in [1.807, 2.05) is 30.0 Å². The fourth-order valence-electron chi connectivity index (χ4n) is 4.04. The lowest BCUT2D eigenvalue weighted by Gasteiger charge is -2.28. The minimum atomic E-state index is -0.0508. The lowest BCUT2D eigenvalue weighted by Crippen LogP contribution is -2.40. The van der Waals surface area contributed by atoms with Crippen LogP contribution in [0.3, 0.4) is 0 Å². The van der Waals surface area contributed by atoms with E-state index < -0.39 is 0 Å². The molecule has 2 unspecified atom stereocenters. The smallest absolute Gasteiger partial charge is 0.318 e. The molecule has 1 aliphatic heterocycles. The molecule has 0 radical (unpaired) electrons. The molecule has 1 saturated heterocycles. The van der Waals surface area contributed by atoms with Crippen molar-refractivity contribution in [3.63, 3.8) is 0 Å². The van der Waals surface area contributed by atoms with Gasteiger partial charge in [0.05, 0.1) is 26.3 Å². The van der Waals surface area contributed by atoms with Gasteiger partial charge in [-0.3, -0.25) is 0 Å². The molecule has 2 aromatic rings. The summed E-state index contributed by atoms with van der Waals surface area (Å²) in [4.78, 5) is 15.0. The number of ether oxygens (including phenoxy) is 2. The summed E-state index contributed by atoms with van der Waals surface area (Å²) < 4.78 is 10.9. The van der Waals surface area contributed by atoms with E-state index in [4.69, 9.17) is 9.47 Å². The van der Waals surface area contributed by atoms with Gasteiger partial charge in [0.1, 0.15) is 11.5 Å². The molecule has 1 heterocycles. The average Bonchev–Trinajstić information content (AvgIpc) is 3.16. The molecule has 28 heavy (non-hydrogen) atoms. The Bertz CT molecular complexity index is 829. The molecule has 0 bridgehead atoms. The number of methoxy groups -OCH3 is 2. The second kappa shape index (κ2) is 8.55. The Kier molecular flexibility index (Phi) is 6.12. The van der Waals surface area contributed by atoms with Crippen LogP contribution < -0.4 is 14.8 Å². The number of carbonyl (C=O) groups excluding carboxylic acids is 1. The maximum absolute atomic E-state index is 13.1. The van der Waals surface area contributed by atoms with Crippen molar-refractivity contribution >= 4 is 6.03 Å². The van der Waals surface area contributed by atoms with Crippen molar-refractivity contribution in [2.75, 3.05) is 20.8 Å². The van der Waals surface area contributed by atoms with E-state index in [0.717, 1.165) is 42.0 Å². The van der Waals surface area contributed by atoms with E-state index in [1.54, 1.807) is 14.2 Å². The zero-order chi connectivity index (χ0) is 20.3. The highest BCUT2D eigenvalue weighted by molar-refractivity contribution is 5.76. The Morgan fingerprint density at radius 2 is 1.82 bits per heavy atom. The van der Waals surface area contributed by atoms with Crippen molar-refractivity contribution in [2.24, 2.45) is 0 Å². The monoisotopic (exact) mass is 382 g/mol. The van der Waals surface area contributed by atoms with Gasteiger partial charge in [-0.25, -0.2) is 4.79 Å². The van der Waals surface area contributed by atoms with Crippen LogP contribution in [0.5, 0.6) is 11.5 Å². The van der Waals surface area contributed by atoms with Gasteiger partial charge < -0.3 is 19.7 Å². The molecule has 0 aromatic heterocycles. The summed E-state index contributed by atoms with van der Waals surface area (Å²) in [5, 5.41) is 3.17. The fraction of sp³-hybridized carbons (Fsp3) is 0.435. The van der Waals surface area contributed by atoms with E-state index in [1.165, 1.54) is 11.1 Å². The number of amides is 2. The van der Waals surface area contributed by atoms with Crippen LogP contribution in [0.2, 0.25) is 0 Å². The van der Waals surface area contributed by atoms with E-state index >= 15 is 0 Å². The molecule has 1 fully saturated rings. The largest absolute Gasteiger partial charge is 0.497 e. The molecule has 0 spiro atoms. The lowest BCUT2D eigenvalue weighted by atomic mass is 10.0. The number of likely N-dealkylation sites (tertiary alicyclic amines) is 1. The predicted octanol–water partition coefficient (Wildman–Crippen LogP) is 4.93. The number of rotatable bonds is 5. The molecule has 0 saturated carbocycles. The number of nitrogens with zero attached hydrogens (tertiary/aromatic N) is 1. The van der Waals surface area contributed by atoms with E-state index in [9.17, 15) is 4.79 Å². The number of benzene rings is 2. The quantitative estimate of drug-likeness (QED) is 0.798. The Hall–Kier alpha value is -2.69. The first-order valence-electron chi connectivity index (χ1n) is 9.80. The summed E-state index contributed by atoms with van der Waals surface area (Å²) in [7, 11) is 3.29. The van der Waals surface area contributed by atoms with Crippen LogP contribution in [0.1, 0.15) is 54.1 Å². The number of hydrogen-bond donors (Lipinski definition) is 1. The topological polar surface area (TPSA) is 50.8 Å². The van der Waals surface area contributed by atoms with Crippen LogP contribution in [0.15, 0.2) is 36.4 Å². The lowest BCUT2D eigenvalue weighted by molar-refractivity contribution is 0.189. The number of nitrogens with one attached hydrogen (secondary N) is 1. The summed E-state index contributed by atoms with van der Waals surface area (Å²) in [5.41, 5.74) is 4.56. The summed E-state index contributed by atoms with van der Waals surface area (Å²) in [6, 6.07) is 12.1. The van der Waals surface area contributed by atoms with Gasteiger partial charge in [0.25, 0.3) is 0 Å². The third-order valence-corrected chi connectivity index (χ3v) is 5.40. The average molecular weight is 383 g/mol. The third kappa shape index (κ3) is 4.24. The normalized spacial score (nSPS) is 17.3. The molecule has 150 valence electrons. The molecule has 1 N–H and O–H groups in total. The van der Waals surface area contributed by atoms with E-state index in [-0.39, 0.29) is 18.1 Å². The van der Waals surface area contributed by atoms with Crippen molar-refractivity contribution in [1.82, 2.24) is 10.2 Å². The van der Waals surface area contributed by atoms with Gasteiger partial charge >= 0.3 is 6.03 Å². The molecule has 1 aliphatic rings. The summed E-state index contributed by atoms with van der Waals surface area (Å²) >= 11 is 0. The molecule has 0 aliphatic carbocycles. The van der Waals surface area contributed by atoms with E-state index in [0.29, 0.717) is 0 Å². The maximum atomic E-state index is 13.1. The predicted molar refractivity (Wildman–Crippen MR) is 111 cm³/mol. The van der Waals surface area contributed by atoms with Crippen molar-refractivity contribution in [2.45, 2.75) is 45.7 Å². The number of carbonyl (C=O) groups is 1. The van der Waals surface area contributed by atoms with Crippen LogP contribution in [0, 0.1) is 13.8 Å². The van der Waals surface area contributed by atoms with Gasteiger partial charge in [-0.1, -0.05) is 29.3 Å². The van der Waals surface area contributed by atoms with E-state index in [2.05, 4.69) is 37.4 Å². The zero-order valence-corrected chi connectivity index (χ0v) is 17.4. The highest BCUT2D eigenvalue weighted by Crippen LogP contribution is 2.38. The van der Waals surface area contributed by atoms with Crippen LogP contribution in [-0.4, -0.2) is 31.7 Å². The van der Waals surface area contributed by atoms with Crippen LogP contribution in [-0.2, 0) is 0 Å². The maximum Gasteiger partial charge on any atom is 0.318 e. The second-order valence-corrected chi connectivity index (χ2v) is 7.55. The number of aryl methyl sites for hydroxylation is 2. The number of hydrogen-bond acceptors (Lipinski definition) is 3. The van der Waals surface area contributed by atoms with Gasteiger partial charge in [0, 0.05) is 18.2 Å². The minimum absolute atomic E-state index is 0.00676. The van der Waals surface area contributed by atoms with Gasteiger partial charge in [-0.2, -0.15) is 0 Å². The van der Waals surface area contributed by atoms with Crippen LogP contribution in [0.4, 0.5) is 4.79 Å². The van der Waals surface area contributed by atoms with Crippen molar-refractivity contribution in [3.05, 3.63) is 58.7 Å². The molecule has 2 atom stereocenters.